The number of carbonyl (C=O) groups is 5. The maximum atomic E-state index is 17.8. The van der Waals surface area contributed by atoms with E-state index in [1.165, 1.54) is 42.5 Å². The van der Waals surface area contributed by atoms with Crippen molar-refractivity contribution < 1.29 is 77.4 Å². The fraction of sp³-hybridized carbons (Fsp3) is 0.595. The van der Waals surface area contributed by atoms with Gasteiger partial charge in [0.05, 0.1) is 25.9 Å². The second-order valence-corrected chi connectivity index (χ2v) is 16.4. The zero-order chi connectivity index (χ0) is 45.5. The Kier molecular flexibility index (Phi) is 14.9. The van der Waals surface area contributed by atoms with E-state index in [9.17, 15) is 54.4 Å². The van der Waals surface area contributed by atoms with Gasteiger partial charge in [-0.25, -0.2) is 14.0 Å². The molecule has 0 spiro atoms. The molecule has 3 fully saturated rings. The summed E-state index contributed by atoms with van der Waals surface area (Å²) in [6.07, 6.45) is 2.79. The third-order valence-electron chi connectivity index (χ3n) is 12.8. The van der Waals surface area contributed by atoms with E-state index < -0.39 is 93.2 Å². The fourth-order valence-electron chi connectivity index (χ4n) is 9.84. The molecule has 3 saturated carbocycles. The highest BCUT2D eigenvalue weighted by atomic mass is 19.1. The van der Waals surface area contributed by atoms with Gasteiger partial charge in [0.2, 0.25) is 11.4 Å². The van der Waals surface area contributed by atoms with Crippen LogP contribution in [0.4, 0.5) is 9.18 Å². The van der Waals surface area contributed by atoms with Gasteiger partial charge in [0.1, 0.15) is 11.9 Å². The van der Waals surface area contributed by atoms with E-state index in [4.69, 9.17) is 18.9 Å². The van der Waals surface area contributed by atoms with E-state index in [1.807, 2.05) is 0 Å². The minimum Gasteiger partial charge on any atom is -0.463 e. The van der Waals surface area contributed by atoms with E-state index in [0.717, 1.165) is 0 Å². The summed E-state index contributed by atoms with van der Waals surface area (Å²) in [5, 5.41) is 42.5. The normalized spacial score (nSPS) is 29.6. The molecule has 338 valence electrons. The Balaban J connectivity index is 1.29. The van der Waals surface area contributed by atoms with E-state index >= 15 is 4.39 Å². The van der Waals surface area contributed by atoms with E-state index in [-0.39, 0.29) is 63.5 Å². The molecule has 5 rings (SSSR count). The zero-order valence-corrected chi connectivity index (χ0v) is 34.6. The topological polar surface area (TPSA) is 267 Å². The van der Waals surface area contributed by atoms with Crippen LogP contribution in [0, 0.1) is 49.8 Å². The van der Waals surface area contributed by atoms with Crippen molar-refractivity contribution in [3.8, 4) is 5.75 Å². The Morgan fingerprint density at radius 1 is 0.935 bits per heavy atom. The molecule has 0 radical (unpaired) electrons. The first-order valence-electron chi connectivity index (χ1n) is 20.4. The molecule has 0 amide bonds. The summed E-state index contributed by atoms with van der Waals surface area (Å²) in [5.74, 6) is -4.68. The number of carbonyl (C=O) groups excluding carboxylic acids is 5. The van der Waals surface area contributed by atoms with Crippen LogP contribution in [-0.2, 0) is 43.1 Å². The number of esters is 2. The number of ketones is 2. The van der Waals surface area contributed by atoms with Crippen LogP contribution >= 0.6 is 0 Å². The molecular weight excluding hydrogens is 823 g/mol. The highest BCUT2D eigenvalue weighted by molar-refractivity contribution is 6.01. The van der Waals surface area contributed by atoms with Gasteiger partial charge in [-0.05, 0) is 113 Å². The molecule has 1 aromatic rings. The maximum Gasteiger partial charge on any atom is 0.514 e. The smallest absolute Gasteiger partial charge is 0.463 e. The number of aliphatic hydroxyl groups is 2. The monoisotopic (exact) mass is 874 g/mol. The highest BCUT2D eigenvalue weighted by Gasteiger charge is 2.78. The largest absolute Gasteiger partial charge is 0.514 e. The van der Waals surface area contributed by atoms with Crippen LogP contribution in [0.2, 0.25) is 0 Å². The number of hydrogen-bond acceptors (Lipinski definition) is 17. The van der Waals surface area contributed by atoms with Gasteiger partial charge in [-0.3, -0.25) is 14.4 Å². The van der Waals surface area contributed by atoms with Gasteiger partial charge >= 0.3 is 18.1 Å². The van der Waals surface area contributed by atoms with Crippen LogP contribution in [0.25, 0.3) is 6.08 Å². The average Bonchev–Trinajstić information content (AvgIpc) is 3.42. The Morgan fingerprint density at radius 3 is 2.29 bits per heavy atom. The third-order valence-corrected chi connectivity index (χ3v) is 12.8. The quantitative estimate of drug-likeness (QED) is 0.0331. The van der Waals surface area contributed by atoms with Gasteiger partial charge < -0.3 is 38.8 Å². The number of ether oxygens (including phenoxy) is 4. The maximum absolute atomic E-state index is 17.8. The van der Waals surface area contributed by atoms with Crippen LogP contribution in [0.5, 0.6) is 5.75 Å². The van der Waals surface area contributed by atoms with Gasteiger partial charge in [-0.2, -0.15) is 0 Å². The molecule has 4 aliphatic rings. The molecule has 0 aliphatic heterocycles. The van der Waals surface area contributed by atoms with Gasteiger partial charge in [-0.1, -0.05) is 31.1 Å². The number of alkyl halides is 1. The van der Waals surface area contributed by atoms with Crippen molar-refractivity contribution in [2.75, 3.05) is 26.4 Å². The summed E-state index contributed by atoms with van der Waals surface area (Å²) in [7, 11) is 0. The summed E-state index contributed by atoms with van der Waals surface area (Å²) in [5.41, 5.74) is -6.25. The van der Waals surface area contributed by atoms with Crippen molar-refractivity contribution in [3.63, 3.8) is 0 Å². The van der Waals surface area contributed by atoms with Crippen molar-refractivity contribution in [2.45, 2.75) is 108 Å². The number of fused-ring (bicyclic) bond motifs is 5. The first-order valence-corrected chi connectivity index (χ1v) is 20.4. The van der Waals surface area contributed by atoms with Crippen molar-refractivity contribution in [3.05, 3.63) is 79.4 Å². The molecule has 0 aromatic heterocycles. The summed E-state index contributed by atoms with van der Waals surface area (Å²) in [6.45, 7) is 3.40. The van der Waals surface area contributed by atoms with Crippen molar-refractivity contribution >= 4 is 35.7 Å². The van der Waals surface area contributed by atoms with E-state index in [2.05, 4.69) is 9.68 Å². The second kappa shape index (κ2) is 19.5. The third kappa shape index (κ3) is 9.65. The van der Waals surface area contributed by atoms with Gasteiger partial charge in [0, 0.05) is 29.2 Å². The number of benzene rings is 1. The summed E-state index contributed by atoms with van der Waals surface area (Å²) >= 11 is 0. The lowest BCUT2D eigenvalue weighted by atomic mass is 9.44. The number of halogens is 1. The van der Waals surface area contributed by atoms with E-state index in [1.54, 1.807) is 26.8 Å². The zero-order valence-electron chi connectivity index (χ0n) is 34.6. The molecule has 0 saturated heterocycles. The number of Topliss-reactive ketones (excluding diaryl/α,β-unsaturated/α-hetero) is 1. The molecule has 62 heavy (non-hydrogen) atoms. The molecule has 4 aliphatic carbocycles. The second-order valence-electron chi connectivity index (χ2n) is 16.4. The fourth-order valence-corrected chi connectivity index (χ4v) is 9.84. The minimum atomic E-state index is -2.42. The van der Waals surface area contributed by atoms with Gasteiger partial charge in [-0.15, -0.1) is 20.2 Å². The highest BCUT2D eigenvalue weighted by Crippen LogP contribution is 2.70. The number of nitrogens with zero attached hydrogens (tertiary/aromatic N) is 2. The van der Waals surface area contributed by atoms with Crippen LogP contribution in [0.15, 0.2) is 48.1 Å². The number of aliphatic hydroxyl groups excluding tert-OH is 2. The van der Waals surface area contributed by atoms with Gasteiger partial charge in [0.25, 0.3) is 10.2 Å². The summed E-state index contributed by atoms with van der Waals surface area (Å²) in [6, 6.07) is 4.51. The Labute approximate surface area is 355 Å². The van der Waals surface area contributed by atoms with Crippen LogP contribution in [0.3, 0.4) is 0 Å². The lowest BCUT2D eigenvalue weighted by molar-refractivity contribution is -0.757. The number of hydrogen-bond donors (Lipinski definition) is 2. The molecular formula is C42H51FN2O17. The lowest BCUT2D eigenvalue weighted by Crippen LogP contribution is -2.70. The molecule has 8 atom stereocenters. The first-order chi connectivity index (χ1) is 29.3. The molecule has 0 heterocycles. The molecule has 2 N–H and O–H groups in total. The van der Waals surface area contributed by atoms with Crippen LogP contribution < -0.4 is 4.74 Å². The predicted molar refractivity (Wildman–Crippen MR) is 210 cm³/mol. The number of allylic oxidation sites excluding steroid dienone is 4. The Bertz CT molecular complexity index is 2020. The van der Waals surface area contributed by atoms with Gasteiger partial charge in [0.15, 0.2) is 18.1 Å². The van der Waals surface area contributed by atoms with Crippen LogP contribution in [-0.4, -0.2) is 100.0 Å². The average molecular weight is 875 g/mol. The minimum absolute atomic E-state index is 0.0231. The summed E-state index contributed by atoms with van der Waals surface area (Å²) < 4.78 is 39.5. The van der Waals surface area contributed by atoms with Crippen molar-refractivity contribution in [1.29, 1.82) is 0 Å². The predicted octanol–water partition coefficient (Wildman–Crippen LogP) is 5.02. The van der Waals surface area contributed by atoms with E-state index in [0.29, 0.717) is 42.4 Å². The summed E-state index contributed by atoms with van der Waals surface area (Å²) in [4.78, 5) is 94.6. The first kappa shape index (κ1) is 47.3. The molecule has 19 nitrogen and oxygen atoms in total. The SMILES string of the molecule is Cc1cc(/C=C/C(=O)OCCCCO[N+](=O)[O-])ccc1OC(=O)OCC(=O)[C@@]1(OC(=O)CCCCCO[N+](=O)[O-])[C@H](O)CC2C3CCC4=CC(=O)C=C[C@]4(C)[C@@]3(F)[C@@H](O)C[C@@]21C. The molecule has 2 unspecified atom stereocenters. The molecule has 0 bridgehead atoms. The molecule has 1 aromatic carbocycles. The Morgan fingerprint density at radius 2 is 1.61 bits per heavy atom. The van der Waals surface area contributed by atoms with Crippen molar-refractivity contribution in [2.24, 2.45) is 22.7 Å². The van der Waals surface area contributed by atoms with Crippen molar-refractivity contribution in [1.82, 2.24) is 0 Å². The molecule has 20 heteroatoms. The lowest BCUT2D eigenvalue weighted by Gasteiger charge is -2.62. The number of aryl methyl sites for hydroxylation is 1. The number of rotatable bonds is 20. The standard InChI is InChI=1S/C42H51FN2O17/c1-26-21-27(11-15-36(50)57-18-7-8-20-60-45(55)56)10-14-32(26)61-38(52)58-25-35(49)42(62-37(51)9-5-4-6-19-59-44(53)54)33(47)23-31-30-13-12-28-22-29(46)16-17-39(28,2)41(30,43)34(48)24-40(31,42)3/h10-11,14-17,21-22,30-31,33-34,47-48H,4-9,12-13,18-20,23-25H2,1-3H3/b15-11+/t30?,31?,33-,34+,39+,40+,41+,42+/m1/s1. The van der Waals surface area contributed by atoms with Crippen LogP contribution in [0.1, 0.15) is 89.2 Å². The number of unbranched alkanes of at least 4 members (excludes halogenated alkanes) is 3. The Hall–Kier alpha value is -5.76.